The summed E-state index contributed by atoms with van der Waals surface area (Å²) >= 11 is 0. The normalized spacial score (nSPS) is 28.5. The van der Waals surface area contributed by atoms with Crippen LogP contribution in [0.2, 0.25) is 0 Å². The molecule has 0 spiro atoms. The molecule has 0 aromatic rings. The van der Waals surface area contributed by atoms with Gasteiger partial charge in [0.1, 0.15) is 0 Å². The maximum atomic E-state index is 8.54. The van der Waals surface area contributed by atoms with E-state index < -0.39 is 0 Å². The summed E-state index contributed by atoms with van der Waals surface area (Å²) in [4.78, 5) is 0. The summed E-state index contributed by atoms with van der Waals surface area (Å²) in [7, 11) is 0. The lowest BCUT2D eigenvalue weighted by Gasteiger charge is -2.08. The molecule has 74 valence electrons. The number of hydrogen-bond acceptors (Lipinski definition) is 2. The van der Waals surface area contributed by atoms with E-state index in [1.54, 1.807) is 0 Å². The Bertz CT molecular complexity index is 195. The van der Waals surface area contributed by atoms with Crippen molar-refractivity contribution in [3.8, 4) is 6.07 Å². The highest BCUT2D eigenvalue weighted by atomic mass is 16.5. The topological polar surface area (TPSA) is 33.0 Å². The highest BCUT2D eigenvalue weighted by Gasteiger charge is 2.40. The average Bonchev–Trinajstić information content (AvgIpc) is 2.80. The summed E-state index contributed by atoms with van der Waals surface area (Å²) in [5, 5.41) is 8.54. The summed E-state index contributed by atoms with van der Waals surface area (Å²) in [5.74, 6) is 2.04. The van der Waals surface area contributed by atoms with Gasteiger partial charge < -0.3 is 4.74 Å². The van der Waals surface area contributed by atoms with E-state index >= 15 is 0 Å². The second kappa shape index (κ2) is 4.62. The Morgan fingerprint density at radius 3 is 2.69 bits per heavy atom. The zero-order chi connectivity index (χ0) is 9.84. The van der Waals surface area contributed by atoms with E-state index in [1.165, 1.54) is 6.42 Å². The van der Waals surface area contributed by atoms with Gasteiger partial charge in [0.2, 0.25) is 0 Å². The number of ether oxygens (including phenoxy) is 1. The lowest BCUT2D eigenvalue weighted by Crippen LogP contribution is -2.08. The van der Waals surface area contributed by atoms with E-state index in [0.29, 0.717) is 18.4 Å². The average molecular weight is 181 g/mol. The maximum Gasteiger partial charge on any atom is 0.0624 e. The van der Waals surface area contributed by atoms with Gasteiger partial charge >= 0.3 is 0 Å². The van der Waals surface area contributed by atoms with Crippen LogP contribution in [0.5, 0.6) is 0 Å². The van der Waals surface area contributed by atoms with Crippen molar-refractivity contribution in [2.45, 2.75) is 39.7 Å². The fourth-order valence-electron chi connectivity index (χ4n) is 1.77. The van der Waals surface area contributed by atoms with Gasteiger partial charge in [0.25, 0.3) is 0 Å². The number of rotatable bonds is 5. The molecule has 0 saturated heterocycles. The molecule has 0 bridgehead atoms. The van der Waals surface area contributed by atoms with Crippen molar-refractivity contribution in [1.82, 2.24) is 0 Å². The van der Waals surface area contributed by atoms with Crippen molar-refractivity contribution in [3.63, 3.8) is 0 Å². The molecule has 3 atom stereocenters. The van der Waals surface area contributed by atoms with Crippen molar-refractivity contribution in [3.05, 3.63) is 0 Å². The van der Waals surface area contributed by atoms with Crippen LogP contribution in [-0.2, 0) is 4.74 Å². The summed E-state index contributed by atoms with van der Waals surface area (Å²) in [5.41, 5.74) is 0. The summed E-state index contributed by atoms with van der Waals surface area (Å²) in [6.07, 6.45) is 2.30. The largest absolute Gasteiger partial charge is 0.378 e. The third kappa shape index (κ3) is 3.36. The molecule has 0 heterocycles. The zero-order valence-corrected chi connectivity index (χ0v) is 8.79. The van der Waals surface area contributed by atoms with E-state index in [0.717, 1.165) is 18.4 Å². The Balaban J connectivity index is 2.12. The molecule has 1 aliphatic rings. The Morgan fingerprint density at radius 2 is 2.15 bits per heavy atom. The zero-order valence-electron chi connectivity index (χ0n) is 8.79. The monoisotopic (exact) mass is 181 g/mol. The molecule has 0 aromatic heterocycles. The van der Waals surface area contributed by atoms with Gasteiger partial charge in [-0.05, 0) is 38.0 Å². The standard InChI is InChI=1S/C11H19NO/c1-8(2)13-7-10-6-11(10)9(3)4-5-12/h8-11H,4,6-7H2,1-3H3. The Morgan fingerprint density at radius 1 is 1.46 bits per heavy atom. The van der Waals surface area contributed by atoms with Gasteiger partial charge in [0.15, 0.2) is 0 Å². The Hall–Kier alpha value is -0.550. The van der Waals surface area contributed by atoms with Crippen LogP contribution in [0.1, 0.15) is 33.6 Å². The Labute approximate surface area is 80.9 Å². The maximum absolute atomic E-state index is 8.54. The third-order valence-electron chi connectivity index (χ3n) is 2.77. The van der Waals surface area contributed by atoms with Gasteiger partial charge in [-0.1, -0.05) is 6.92 Å². The first-order valence-corrected chi connectivity index (χ1v) is 5.13. The van der Waals surface area contributed by atoms with Gasteiger partial charge in [-0.2, -0.15) is 5.26 Å². The molecule has 2 nitrogen and oxygen atoms in total. The molecule has 0 aliphatic heterocycles. The van der Waals surface area contributed by atoms with Crippen molar-refractivity contribution < 1.29 is 4.74 Å². The molecule has 1 aliphatic carbocycles. The molecule has 1 fully saturated rings. The fourth-order valence-corrected chi connectivity index (χ4v) is 1.77. The fraction of sp³-hybridized carbons (Fsp3) is 0.909. The molecule has 1 rings (SSSR count). The second-order valence-corrected chi connectivity index (χ2v) is 4.38. The van der Waals surface area contributed by atoms with E-state index in [-0.39, 0.29) is 0 Å². The molecule has 0 amide bonds. The molecule has 0 N–H and O–H groups in total. The van der Waals surface area contributed by atoms with Crippen molar-refractivity contribution >= 4 is 0 Å². The van der Waals surface area contributed by atoms with Crippen LogP contribution in [-0.4, -0.2) is 12.7 Å². The minimum Gasteiger partial charge on any atom is -0.378 e. The van der Waals surface area contributed by atoms with Gasteiger partial charge in [0.05, 0.1) is 18.8 Å². The van der Waals surface area contributed by atoms with E-state index in [1.807, 2.05) is 0 Å². The summed E-state index contributed by atoms with van der Waals surface area (Å²) in [6, 6.07) is 2.23. The van der Waals surface area contributed by atoms with E-state index in [9.17, 15) is 0 Å². The quantitative estimate of drug-likeness (QED) is 0.653. The van der Waals surface area contributed by atoms with Crippen LogP contribution in [0.15, 0.2) is 0 Å². The smallest absolute Gasteiger partial charge is 0.0624 e. The van der Waals surface area contributed by atoms with Gasteiger partial charge in [-0.25, -0.2) is 0 Å². The Kier molecular flexibility index (Phi) is 3.74. The first kappa shape index (κ1) is 10.5. The second-order valence-electron chi connectivity index (χ2n) is 4.38. The van der Waals surface area contributed by atoms with Gasteiger partial charge in [-0.3, -0.25) is 0 Å². The molecule has 13 heavy (non-hydrogen) atoms. The lowest BCUT2D eigenvalue weighted by atomic mass is 10.0. The minimum absolute atomic E-state index is 0.340. The molecule has 1 saturated carbocycles. The molecule has 0 aromatic carbocycles. The lowest BCUT2D eigenvalue weighted by molar-refractivity contribution is 0.0664. The van der Waals surface area contributed by atoms with Crippen LogP contribution in [0, 0.1) is 29.1 Å². The first-order chi connectivity index (χ1) is 6.15. The minimum atomic E-state index is 0.340. The van der Waals surface area contributed by atoms with E-state index in [4.69, 9.17) is 10.00 Å². The van der Waals surface area contributed by atoms with Crippen LogP contribution < -0.4 is 0 Å². The predicted molar refractivity (Wildman–Crippen MR) is 52.1 cm³/mol. The molecule has 2 heteroatoms. The van der Waals surface area contributed by atoms with Gasteiger partial charge in [-0.15, -0.1) is 0 Å². The summed E-state index contributed by atoms with van der Waals surface area (Å²) in [6.45, 7) is 7.19. The van der Waals surface area contributed by atoms with Crippen molar-refractivity contribution in [2.24, 2.45) is 17.8 Å². The first-order valence-electron chi connectivity index (χ1n) is 5.13. The van der Waals surface area contributed by atoms with Crippen molar-refractivity contribution in [2.75, 3.05) is 6.61 Å². The SMILES string of the molecule is CC(C)OCC1CC1C(C)CC#N. The van der Waals surface area contributed by atoms with Crippen LogP contribution in [0.4, 0.5) is 0 Å². The molecular formula is C11H19NO. The molecule has 3 unspecified atom stereocenters. The number of hydrogen-bond donors (Lipinski definition) is 0. The third-order valence-corrected chi connectivity index (χ3v) is 2.77. The molecular weight excluding hydrogens is 162 g/mol. The number of nitriles is 1. The molecule has 0 radical (unpaired) electrons. The van der Waals surface area contributed by atoms with Crippen LogP contribution >= 0.6 is 0 Å². The van der Waals surface area contributed by atoms with Crippen LogP contribution in [0.3, 0.4) is 0 Å². The summed E-state index contributed by atoms with van der Waals surface area (Å²) < 4.78 is 5.54. The van der Waals surface area contributed by atoms with E-state index in [2.05, 4.69) is 26.8 Å². The van der Waals surface area contributed by atoms with Crippen LogP contribution in [0.25, 0.3) is 0 Å². The van der Waals surface area contributed by atoms with Crippen molar-refractivity contribution in [1.29, 1.82) is 5.26 Å². The highest BCUT2D eigenvalue weighted by Crippen LogP contribution is 2.45. The van der Waals surface area contributed by atoms with Gasteiger partial charge in [0, 0.05) is 6.42 Å². The highest BCUT2D eigenvalue weighted by molar-refractivity contribution is 4.92. The number of nitrogens with zero attached hydrogens (tertiary/aromatic N) is 1. The predicted octanol–water partition coefficient (Wildman–Crippen LogP) is 2.60.